The molecular weight excluding hydrogens is 364 g/mol. The molecule has 1 fully saturated rings. The van der Waals surface area contributed by atoms with Crippen molar-refractivity contribution in [2.24, 2.45) is 0 Å². The number of nitrogens with zero attached hydrogens (tertiary/aromatic N) is 1. The molecule has 1 saturated heterocycles. The molecule has 2 atom stereocenters. The van der Waals surface area contributed by atoms with Gasteiger partial charge in [0.25, 0.3) is 0 Å². The average Bonchev–Trinajstić information content (AvgIpc) is 2.96. The third-order valence-corrected chi connectivity index (χ3v) is 5.26. The van der Waals surface area contributed by atoms with Crippen LogP contribution in [0, 0.1) is 0 Å². The van der Waals surface area contributed by atoms with Gasteiger partial charge in [-0.15, -0.1) is 0 Å². The largest absolute Gasteiger partial charge is 0.445 e. The lowest BCUT2D eigenvalue weighted by Gasteiger charge is -2.33. The third kappa shape index (κ3) is 3.86. The first kappa shape index (κ1) is 18.5. The number of hydrogen-bond donors (Lipinski definition) is 0. The number of ether oxygens (including phenoxy) is 2. The molecule has 0 aliphatic carbocycles. The van der Waals surface area contributed by atoms with Crippen LogP contribution in [-0.2, 0) is 11.3 Å². The van der Waals surface area contributed by atoms with E-state index in [2.05, 4.69) is 4.74 Å². The molecule has 0 saturated carbocycles. The second-order valence-corrected chi connectivity index (χ2v) is 7.02. The first-order chi connectivity index (χ1) is 13.6. The fourth-order valence-corrected chi connectivity index (χ4v) is 4.04. The number of amides is 1. The van der Waals surface area contributed by atoms with Gasteiger partial charge in [-0.2, -0.15) is 8.78 Å². The molecule has 2 aliphatic heterocycles. The van der Waals surface area contributed by atoms with Gasteiger partial charge in [-0.05, 0) is 36.5 Å². The van der Waals surface area contributed by atoms with E-state index < -0.39 is 6.61 Å². The van der Waals surface area contributed by atoms with Crippen LogP contribution in [0.25, 0.3) is 5.57 Å². The van der Waals surface area contributed by atoms with Gasteiger partial charge in [0.2, 0.25) is 0 Å². The Labute approximate surface area is 162 Å². The number of carbonyl (C=O) groups is 1. The summed E-state index contributed by atoms with van der Waals surface area (Å²) in [6.45, 7) is -2.64. The Morgan fingerprint density at radius 3 is 2.57 bits per heavy atom. The molecule has 0 aromatic heterocycles. The normalized spacial score (nSPS) is 20.8. The van der Waals surface area contributed by atoms with Crippen LogP contribution in [0.1, 0.15) is 30.4 Å². The topological polar surface area (TPSA) is 38.8 Å². The summed E-state index contributed by atoms with van der Waals surface area (Å²) in [5.41, 5.74) is 2.54. The Morgan fingerprint density at radius 2 is 1.82 bits per heavy atom. The van der Waals surface area contributed by atoms with Crippen molar-refractivity contribution in [1.29, 1.82) is 0 Å². The highest BCUT2D eigenvalue weighted by atomic mass is 19.3. The maximum absolute atomic E-state index is 12.7. The number of rotatable bonds is 5. The molecule has 2 bridgehead atoms. The van der Waals surface area contributed by atoms with Gasteiger partial charge in [-0.25, -0.2) is 4.79 Å². The first-order valence-electron chi connectivity index (χ1n) is 9.36. The Morgan fingerprint density at radius 1 is 1.07 bits per heavy atom. The fourth-order valence-electron chi connectivity index (χ4n) is 4.04. The maximum atomic E-state index is 12.7. The molecule has 2 aromatic carbocycles. The minimum atomic E-state index is -2.87. The van der Waals surface area contributed by atoms with Crippen molar-refractivity contribution < 1.29 is 23.0 Å². The van der Waals surface area contributed by atoms with Crippen LogP contribution in [0.15, 0.2) is 60.7 Å². The van der Waals surface area contributed by atoms with Crippen LogP contribution in [-0.4, -0.2) is 29.7 Å². The summed E-state index contributed by atoms with van der Waals surface area (Å²) in [6.07, 6.45) is 3.96. The average molecular weight is 385 g/mol. The van der Waals surface area contributed by atoms with E-state index in [1.807, 2.05) is 36.4 Å². The van der Waals surface area contributed by atoms with Gasteiger partial charge in [-0.3, -0.25) is 4.90 Å². The van der Waals surface area contributed by atoms with Gasteiger partial charge in [-0.1, -0.05) is 54.6 Å². The second kappa shape index (κ2) is 8.00. The molecule has 2 aliphatic rings. The summed E-state index contributed by atoms with van der Waals surface area (Å²) in [4.78, 5) is 14.4. The predicted molar refractivity (Wildman–Crippen MR) is 101 cm³/mol. The Balaban J connectivity index is 1.49. The molecule has 2 heterocycles. The third-order valence-electron chi connectivity index (χ3n) is 5.26. The number of halogens is 2. The monoisotopic (exact) mass is 385 g/mol. The van der Waals surface area contributed by atoms with Crippen molar-refractivity contribution in [1.82, 2.24) is 4.90 Å². The van der Waals surface area contributed by atoms with E-state index in [9.17, 15) is 13.6 Å². The highest BCUT2D eigenvalue weighted by molar-refractivity contribution is 5.77. The van der Waals surface area contributed by atoms with E-state index in [1.165, 1.54) is 0 Å². The molecular formula is C22H21F2NO3. The lowest BCUT2D eigenvalue weighted by Crippen LogP contribution is -2.43. The Bertz CT molecular complexity index is 869. The van der Waals surface area contributed by atoms with Crippen molar-refractivity contribution in [2.45, 2.75) is 44.6 Å². The van der Waals surface area contributed by atoms with Gasteiger partial charge in [0.15, 0.2) is 0 Å². The zero-order chi connectivity index (χ0) is 19.5. The number of para-hydroxylation sites is 1. The standard InChI is InChI=1S/C22H21F2NO3/c23-21(24)28-20-9-5-4-8-19(20)16-12-17-10-11-18(13-16)25(17)22(26)27-14-15-6-2-1-3-7-15/h1-9,12,17-18,21H,10-11,13-14H2. The van der Waals surface area contributed by atoms with Crippen LogP contribution in [0.4, 0.5) is 13.6 Å². The second-order valence-electron chi connectivity index (χ2n) is 7.02. The molecule has 28 heavy (non-hydrogen) atoms. The van der Waals surface area contributed by atoms with Gasteiger partial charge in [0.1, 0.15) is 12.4 Å². The predicted octanol–water partition coefficient (Wildman–Crippen LogP) is 5.24. The van der Waals surface area contributed by atoms with Crippen molar-refractivity contribution in [3.05, 3.63) is 71.8 Å². The lowest BCUT2D eigenvalue weighted by atomic mass is 9.94. The minimum Gasteiger partial charge on any atom is -0.445 e. The zero-order valence-electron chi connectivity index (χ0n) is 15.3. The van der Waals surface area contributed by atoms with Crippen LogP contribution in [0.5, 0.6) is 5.75 Å². The van der Waals surface area contributed by atoms with E-state index in [-0.39, 0.29) is 30.5 Å². The van der Waals surface area contributed by atoms with Crippen molar-refractivity contribution in [2.75, 3.05) is 0 Å². The summed E-state index contributed by atoms with van der Waals surface area (Å²) < 4.78 is 35.6. The van der Waals surface area contributed by atoms with Crippen LogP contribution in [0.3, 0.4) is 0 Å². The van der Waals surface area contributed by atoms with E-state index in [1.54, 1.807) is 29.2 Å². The molecule has 2 unspecified atom stereocenters. The highest BCUT2D eigenvalue weighted by Gasteiger charge is 2.41. The zero-order valence-corrected chi connectivity index (χ0v) is 15.3. The Kier molecular flexibility index (Phi) is 5.28. The molecule has 1 amide bonds. The SMILES string of the molecule is O=C(OCc1ccccc1)N1C2C=C(c3ccccc3OC(F)F)CC1CC2. The number of alkyl halides is 2. The number of carbonyl (C=O) groups excluding carboxylic acids is 1. The van der Waals surface area contributed by atoms with E-state index in [4.69, 9.17) is 4.74 Å². The summed E-state index contributed by atoms with van der Waals surface area (Å²) >= 11 is 0. The highest BCUT2D eigenvalue weighted by Crippen LogP contribution is 2.41. The molecule has 4 rings (SSSR count). The lowest BCUT2D eigenvalue weighted by molar-refractivity contribution is -0.0500. The Hall–Kier alpha value is -2.89. The summed E-state index contributed by atoms with van der Waals surface area (Å²) in [7, 11) is 0. The van der Waals surface area contributed by atoms with E-state index in [0.29, 0.717) is 12.0 Å². The molecule has 146 valence electrons. The summed E-state index contributed by atoms with van der Waals surface area (Å²) in [5.74, 6) is 0.170. The number of hydrogen-bond acceptors (Lipinski definition) is 3. The van der Waals surface area contributed by atoms with E-state index in [0.717, 1.165) is 24.0 Å². The molecule has 0 radical (unpaired) electrons. The molecule has 4 nitrogen and oxygen atoms in total. The molecule has 0 N–H and O–H groups in total. The summed E-state index contributed by atoms with van der Waals surface area (Å²) in [5, 5.41) is 0. The van der Waals surface area contributed by atoms with Crippen molar-refractivity contribution >= 4 is 11.7 Å². The first-order valence-corrected chi connectivity index (χ1v) is 9.36. The minimum absolute atomic E-state index is 0.00730. The van der Waals surface area contributed by atoms with E-state index >= 15 is 0 Å². The number of fused-ring (bicyclic) bond motifs is 2. The maximum Gasteiger partial charge on any atom is 0.410 e. The van der Waals surface area contributed by atoms with Crippen molar-refractivity contribution in [3.63, 3.8) is 0 Å². The van der Waals surface area contributed by atoms with Gasteiger partial charge < -0.3 is 9.47 Å². The quantitative estimate of drug-likeness (QED) is 0.706. The van der Waals surface area contributed by atoms with Crippen LogP contribution >= 0.6 is 0 Å². The van der Waals surface area contributed by atoms with Crippen LogP contribution < -0.4 is 4.74 Å². The molecule has 0 spiro atoms. The molecule has 2 aromatic rings. The fraction of sp³-hybridized carbons (Fsp3) is 0.318. The summed E-state index contributed by atoms with van der Waals surface area (Å²) in [6, 6.07) is 16.3. The van der Waals surface area contributed by atoms with Crippen molar-refractivity contribution in [3.8, 4) is 5.75 Å². The molecule has 6 heteroatoms. The van der Waals surface area contributed by atoms with Gasteiger partial charge in [0, 0.05) is 11.6 Å². The smallest absolute Gasteiger partial charge is 0.410 e. The van der Waals surface area contributed by atoms with Gasteiger partial charge in [0.05, 0.1) is 6.04 Å². The number of benzene rings is 2. The van der Waals surface area contributed by atoms with Gasteiger partial charge >= 0.3 is 12.7 Å². The van der Waals surface area contributed by atoms with Crippen LogP contribution in [0.2, 0.25) is 0 Å².